The fourth-order valence-electron chi connectivity index (χ4n) is 4.82. The molecule has 3 heterocycles. The highest BCUT2D eigenvalue weighted by atomic mass is 19.1. The molecule has 0 saturated carbocycles. The van der Waals surface area contributed by atoms with Gasteiger partial charge in [0.15, 0.2) is 0 Å². The first-order valence-corrected chi connectivity index (χ1v) is 10.3. The van der Waals surface area contributed by atoms with Crippen molar-refractivity contribution in [3.8, 4) is 11.5 Å². The van der Waals surface area contributed by atoms with Crippen molar-refractivity contribution in [2.24, 2.45) is 0 Å². The maximum atomic E-state index is 13.5. The van der Waals surface area contributed by atoms with Crippen LogP contribution in [0.2, 0.25) is 0 Å². The van der Waals surface area contributed by atoms with Gasteiger partial charge in [-0.3, -0.25) is 0 Å². The fourth-order valence-corrected chi connectivity index (χ4v) is 4.82. The van der Waals surface area contributed by atoms with Gasteiger partial charge in [-0.1, -0.05) is 6.07 Å². The Morgan fingerprint density at radius 3 is 2.76 bits per heavy atom. The van der Waals surface area contributed by atoms with Gasteiger partial charge >= 0.3 is 0 Å². The van der Waals surface area contributed by atoms with E-state index < -0.39 is 17.8 Å². The summed E-state index contributed by atoms with van der Waals surface area (Å²) >= 11 is 0. The standard InChI is InChI=1S/C23H26FNO4/c24-17-2-4-22-18(12-17)19(26)13-23(29-22)6-8-25(9-7-23)14-20(27)15-1-3-21-16(11-15)5-10-28-21/h1-4,11-12,19-20,26-27H,5-10,13-14H2/t19-,20-/m0/s1. The second-order valence-corrected chi connectivity index (χ2v) is 8.47. The van der Waals surface area contributed by atoms with Crippen molar-refractivity contribution >= 4 is 0 Å². The molecule has 0 aliphatic carbocycles. The van der Waals surface area contributed by atoms with Crippen molar-refractivity contribution in [2.75, 3.05) is 26.2 Å². The third-order valence-electron chi connectivity index (χ3n) is 6.52. The number of nitrogens with zero attached hydrogens (tertiary/aromatic N) is 1. The summed E-state index contributed by atoms with van der Waals surface area (Å²) in [5, 5.41) is 21.2. The lowest BCUT2D eigenvalue weighted by Gasteiger charge is -2.46. The number of fused-ring (bicyclic) bond motifs is 2. The van der Waals surface area contributed by atoms with Gasteiger partial charge in [0.1, 0.15) is 22.9 Å². The number of aliphatic hydroxyl groups excluding tert-OH is 2. The summed E-state index contributed by atoms with van der Waals surface area (Å²) in [5.41, 5.74) is 2.21. The van der Waals surface area contributed by atoms with Gasteiger partial charge in [0, 0.05) is 38.0 Å². The Bertz CT molecular complexity index is 910. The van der Waals surface area contributed by atoms with Crippen molar-refractivity contribution in [3.63, 3.8) is 0 Å². The van der Waals surface area contributed by atoms with Crippen molar-refractivity contribution < 1.29 is 24.1 Å². The molecule has 6 heteroatoms. The average molecular weight is 399 g/mol. The van der Waals surface area contributed by atoms with E-state index in [-0.39, 0.29) is 5.82 Å². The number of piperidine rings is 1. The first-order valence-electron chi connectivity index (χ1n) is 10.3. The summed E-state index contributed by atoms with van der Waals surface area (Å²) in [6, 6.07) is 10.3. The van der Waals surface area contributed by atoms with Crippen molar-refractivity contribution in [1.29, 1.82) is 0 Å². The van der Waals surface area contributed by atoms with E-state index >= 15 is 0 Å². The zero-order valence-corrected chi connectivity index (χ0v) is 16.3. The minimum Gasteiger partial charge on any atom is -0.493 e. The largest absolute Gasteiger partial charge is 0.493 e. The van der Waals surface area contributed by atoms with Crippen LogP contribution < -0.4 is 9.47 Å². The number of hydrogen-bond acceptors (Lipinski definition) is 5. The lowest BCUT2D eigenvalue weighted by atomic mass is 9.81. The number of hydrogen-bond donors (Lipinski definition) is 2. The van der Waals surface area contributed by atoms with E-state index in [9.17, 15) is 14.6 Å². The summed E-state index contributed by atoms with van der Waals surface area (Å²) in [6.45, 7) is 2.85. The van der Waals surface area contributed by atoms with Crippen LogP contribution in [0.4, 0.5) is 4.39 Å². The van der Waals surface area contributed by atoms with Crippen LogP contribution >= 0.6 is 0 Å². The molecular weight excluding hydrogens is 373 g/mol. The highest BCUT2D eigenvalue weighted by molar-refractivity contribution is 5.41. The van der Waals surface area contributed by atoms with Crippen LogP contribution in [0.15, 0.2) is 36.4 Å². The van der Waals surface area contributed by atoms with Crippen LogP contribution in [0.5, 0.6) is 11.5 Å². The molecule has 2 aromatic carbocycles. The first-order chi connectivity index (χ1) is 14.0. The Labute approximate surface area is 169 Å². The summed E-state index contributed by atoms with van der Waals surface area (Å²) in [4.78, 5) is 2.25. The molecule has 29 heavy (non-hydrogen) atoms. The lowest BCUT2D eigenvalue weighted by Crippen LogP contribution is -2.51. The Balaban J connectivity index is 1.22. The highest BCUT2D eigenvalue weighted by Gasteiger charge is 2.43. The molecule has 2 N–H and O–H groups in total. The first kappa shape index (κ1) is 18.9. The van der Waals surface area contributed by atoms with Gasteiger partial charge in [-0.25, -0.2) is 4.39 Å². The van der Waals surface area contributed by atoms with Crippen molar-refractivity contribution in [3.05, 3.63) is 58.9 Å². The third kappa shape index (κ3) is 3.61. The summed E-state index contributed by atoms with van der Waals surface area (Å²) in [7, 11) is 0. The number of likely N-dealkylation sites (tertiary alicyclic amines) is 1. The van der Waals surface area contributed by atoms with E-state index in [4.69, 9.17) is 9.47 Å². The van der Waals surface area contributed by atoms with Gasteiger partial charge in [-0.2, -0.15) is 0 Å². The van der Waals surface area contributed by atoms with Crippen LogP contribution in [-0.2, 0) is 6.42 Å². The predicted molar refractivity (Wildman–Crippen MR) is 106 cm³/mol. The normalized spacial score (nSPS) is 23.8. The molecular formula is C23H26FNO4. The molecule has 5 nitrogen and oxygen atoms in total. The van der Waals surface area contributed by atoms with Gasteiger partial charge in [0.05, 0.1) is 18.8 Å². The Morgan fingerprint density at radius 2 is 1.93 bits per heavy atom. The summed E-state index contributed by atoms with van der Waals surface area (Å²) in [5.74, 6) is 1.15. The van der Waals surface area contributed by atoms with E-state index in [1.807, 2.05) is 12.1 Å². The van der Waals surface area contributed by atoms with Crippen molar-refractivity contribution in [2.45, 2.75) is 43.5 Å². The van der Waals surface area contributed by atoms with E-state index in [0.29, 0.717) is 30.9 Å². The van der Waals surface area contributed by atoms with Crippen molar-refractivity contribution in [1.82, 2.24) is 4.90 Å². The Morgan fingerprint density at radius 1 is 1.14 bits per heavy atom. The molecule has 0 bridgehead atoms. The molecule has 0 aromatic heterocycles. The molecule has 3 aliphatic rings. The number of rotatable bonds is 3. The van der Waals surface area contributed by atoms with E-state index in [1.54, 1.807) is 6.07 Å². The summed E-state index contributed by atoms with van der Waals surface area (Å²) < 4.78 is 25.3. The van der Waals surface area contributed by atoms with Crippen LogP contribution in [0.1, 0.15) is 48.2 Å². The molecule has 1 saturated heterocycles. The minimum atomic E-state index is -0.708. The van der Waals surface area contributed by atoms with E-state index in [0.717, 1.165) is 43.7 Å². The average Bonchev–Trinajstić information content (AvgIpc) is 3.18. The molecule has 0 amide bonds. The number of β-amino-alcohol motifs (C(OH)–C–C–N with tert-alkyl or cyclic N) is 1. The summed E-state index contributed by atoms with van der Waals surface area (Å²) in [6.07, 6.45) is 1.66. The molecule has 2 aromatic rings. The fraction of sp³-hybridized carbons (Fsp3) is 0.478. The molecule has 5 rings (SSSR count). The van der Waals surface area contributed by atoms with Gasteiger partial charge < -0.3 is 24.6 Å². The van der Waals surface area contributed by atoms with Crippen LogP contribution in [-0.4, -0.2) is 47.0 Å². The van der Waals surface area contributed by atoms with Crippen LogP contribution in [0.3, 0.4) is 0 Å². The predicted octanol–water partition coefficient (Wildman–Crippen LogP) is 3.14. The molecule has 154 valence electrons. The SMILES string of the molecule is O[C@@H](CN1CCC2(CC1)C[C@H](O)c1cc(F)ccc1O2)c1ccc2c(c1)CCO2. The van der Waals surface area contributed by atoms with Gasteiger partial charge in [-0.15, -0.1) is 0 Å². The lowest BCUT2D eigenvalue weighted by molar-refractivity contribution is -0.0589. The van der Waals surface area contributed by atoms with E-state index in [1.165, 1.54) is 17.7 Å². The van der Waals surface area contributed by atoms with Gasteiger partial charge in [0.25, 0.3) is 0 Å². The van der Waals surface area contributed by atoms with Crippen LogP contribution in [0, 0.1) is 5.82 Å². The second kappa shape index (κ2) is 7.27. The molecule has 2 atom stereocenters. The molecule has 3 aliphatic heterocycles. The van der Waals surface area contributed by atoms with Gasteiger partial charge in [-0.05, 0) is 54.3 Å². The number of ether oxygens (including phenoxy) is 2. The minimum absolute atomic E-state index is 0.357. The van der Waals surface area contributed by atoms with E-state index in [2.05, 4.69) is 11.0 Å². The zero-order chi connectivity index (χ0) is 20.0. The molecule has 1 spiro atoms. The number of halogens is 1. The third-order valence-corrected chi connectivity index (χ3v) is 6.52. The van der Waals surface area contributed by atoms with Gasteiger partial charge in [0.2, 0.25) is 0 Å². The topological polar surface area (TPSA) is 62.2 Å². The maximum Gasteiger partial charge on any atom is 0.126 e. The number of aliphatic hydroxyl groups is 2. The van der Waals surface area contributed by atoms with Crippen LogP contribution in [0.25, 0.3) is 0 Å². The zero-order valence-electron chi connectivity index (χ0n) is 16.3. The molecule has 1 fully saturated rings. The maximum absolute atomic E-state index is 13.5. The molecule has 0 radical (unpaired) electrons. The Hall–Kier alpha value is -2.15. The quantitative estimate of drug-likeness (QED) is 0.830. The monoisotopic (exact) mass is 399 g/mol. The Kier molecular flexibility index (Phi) is 4.73. The highest BCUT2D eigenvalue weighted by Crippen LogP contribution is 2.44. The second-order valence-electron chi connectivity index (χ2n) is 8.47. The number of benzene rings is 2. The smallest absolute Gasteiger partial charge is 0.126 e. The molecule has 0 unspecified atom stereocenters.